The average molecular weight is 293 g/mol. The Morgan fingerprint density at radius 1 is 1.15 bits per heavy atom. The lowest BCUT2D eigenvalue weighted by Crippen LogP contribution is -2.06. The van der Waals surface area contributed by atoms with E-state index in [4.69, 9.17) is 0 Å². The van der Waals surface area contributed by atoms with Gasteiger partial charge in [-0.3, -0.25) is 0 Å². The number of nitrogens with one attached hydrogen (secondary N) is 1. The largest absolute Gasteiger partial charge is 0.507 e. The number of hydrogen-bond acceptors (Lipinski definition) is 6. The van der Waals surface area contributed by atoms with Gasteiger partial charge in [0.2, 0.25) is 5.13 Å². The van der Waals surface area contributed by atoms with Crippen LogP contribution < -0.4 is 5.32 Å². The summed E-state index contributed by atoms with van der Waals surface area (Å²) in [6.07, 6.45) is 0.898. The van der Waals surface area contributed by atoms with Crippen molar-refractivity contribution in [3.05, 3.63) is 28.8 Å². The quantitative estimate of drug-likeness (QED) is 0.788. The highest BCUT2D eigenvalue weighted by Gasteiger charge is 2.16. The summed E-state index contributed by atoms with van der Waals surface area (Å²) in [5.74, 6) is 0.671. The number of benzene rings is 1. The predicted octanol–water partition coefficient (Wildman–Crippen LogP) is 3.32. The van der Waals surface area contributed by atoms with Gasteiger partial charge >= 0.3 is 0 Å². The van der Waals surface area contributed by atoms with E-state index in [-0.39, 0.29) is 17.5 Å². The fourth-order valence-corrected chi connectivity index (χ4v) is 3.02. The molecule has 20 heavy (non-hydrogen) atoms. The van der Waals surface area contributed by atoms with Crippen LogP contribution in [0.4, 0.5) is 5.13 Å². The van der Waals surface area contributed by atoms with Gasteiger partial charge in [0.1, 0.15) is 16.5 Å². The first-order valence-corrected chi connectivity index (χ1v) is 7.38. The van der Waals surface area contributed by atoms with E-state index in [1.807, 2.05) is 6.92 Å². The Labute approximate surface area is 122 Å². The molecule has 0 aliphatic heterocycles. The molecule has 0 radical (unpaired) electrons. The molecule has 1 aromatic carbocycles. The van der Waals surface area contributed by atoms with Crippen LogP contribution in [0.25, 0.3) is 0 Å². The molecule has 5 nitrogen and oxygen atoms in total. The standard InChI is InChI=1S/C14H19N3O2S/c1-8(2)7-12-16-17-14(20-12)15-9(3)13-10(18)5-4-6-11(13)19/h4-6,8-9,18-19H,7H2,1-3H3,(H,15,17). The number of aromatic nitrogens is 2. The summed E-state index contributed by atoms with van der Waals surface area (Å²) >= 11 is 1.50. The maximum atomic E-state index is 9.83. The Morgan fingerprint density at radius 3 is 2.40 bits per heavy atom. The number of hydrogen-bond donors (Lipinski definition) is 3. The van der Waals surface area contributed by atoms with Gasteiger partial charge in [-0.25, -0.2) is 0 Å². The number of nitrogens with zero attached hydrogens (tertiary/aromatic N) is 2. The lowest BCUT2D eigenvalue weighted by Gasteiger charge is -2.15. The zero-order valence-electron chi connectivity index (χ0n) is 11.8. The molecule has 1 heterocycles. The summed E-state index contributed by atoms with van der Waals surface area (Å²) in [5.41, 5.74) is 0.466. The van der Waals surface area contributed by atoms with E-state index in [9.17, 15) is 10.2 Å². The summed E-state index contributed by atoms with van der Waals surface area (Å²) in [5, 5.41) is 32.7. The van der Waals surface area contributed by atoms with Crippen LogP contribution in [0.3, 0.4) is 0 Å². The summed E-state index contributed by atoms with van der Waals surface area (Å²) in [6, 6.07) is 4.46. The molecule has 1 atom stereocenters. The Morgan fingerprint density at radius 2 is 1.80 bits per heavy atom. The van der Waals surface area contributed by atoms with Crippen LogP contribution in [-0.2, 0) is 6.42 Å². The van der Waals surface area contributed by atoms with E-state index in [1.165, 1.54) is 11.3 Å². The summed E-state index contributed by atoms with van der Waals surface area (Å²) in [6.45, 7) is 6.13. The van der Waals surface area contributed by atoms with Crippen LogP contribution in [0.2, 0.25) is 0 Å². The maximum Gasteiger partial charge on any atom is 0.206 e. The summed E-state index contributed by atoms with van der Waals surface area (Å²) in [7, 11) is 0. The van der Waals surface area contributed by atoms with Crippen LogP contribution in [-0.4, -0.2) is 20.4 Å². The van der Waals surface area contributed by atoms with Gasteiger partial charge in [0.25, 0.3) is 0 Å². The van der Waals surface area contributed by atoms with E-state index in [2.05, 4.69) is 29.4 Å². The highest BCUT2D eigenvalue weighted by Crippen LogP contribution is 2.34. The molecule has 0 aliphatic rings. The lowest BCUT2D eigenvalue weighted by molar-refractivity contribution is 0.434. The topological polar surface area (TPSA) is 78.3 Å². The second-order valence-corrected chi connectivity index (χ2v) is 6.24. The first kappa shape index (κ1) is 14.6. The minimum Gasteiger partial charge on any atom is -0.507 e. The second kappa shape index (κ2) is 6.09. The summed E-state index contributed by atoms with van der Waals surface area (Å²) < 4.78 is 0. The van der Waals surface area contributed by atoms with Crippen molar-refractivity contribution in [3.63, 3.8) is 0 Å². The van der Waals surface area contributed by atoms with Crippen molar-refractivity contribution < 1.29 is 10.2 Å². The van der Waals surface area contributed by atoms with E-state index in [1.54, 1.807) is 18.2 Å². The molecule has 108 valence electrons. The minimum atomic E-state index is -0.254. The van der Waals surface area contributed by atoms with Gasteiger partial charge in [-0.1, -0.05) is 31.3 Å². The van der Waals surface area contributed by atoms with Crippen molar-refractivity contribution >= 4 is 16.5 Å². The van der Waals surface area contributed by atoms with Crippen molar-refractivity contribution in [2.24, 2.45) is 5.92 Å². The van der Waals surface area contributed by atoms with Crippen LogP contribution in [0, 0.1) is 5.92 Å². The van der Waals surface area contributed by atoms with Crippen LogP contribution in [0.5, 0.6) is 11.5 Å². The zero-order chi connectivity index (χ0) is 14.7. The number of phenols is 2. The molecular weight excluding hydrogens is 274 g/mol. The van der Waals surface area contributed by atoms with Crippen LogP contribution >= 0.6 is 11.3 Å². The Kier molecular flexibility index (Phi) is 4.44. The number of rotatable bonds is 5. The van der Waals surface area contributed by atoms with Crippen molar-refractivity contribution in [3.8, 4) is 11.5 Å². The van der Waals surface area contributed by atoms with Crippen molar-refractivity contribution in [1.29, 1.82) is 0 Å². The molecule has 0 bridgehead atoms. The van der Waals surface area contributed by atoms with Crippen LogP contribution in [0.15, 0.2) is 18.2 Å². The van der Waals surface area contributed by atoms with E-state index >= 15 is 0 Å². The molecule has 6 heteroatoms. The minimum absolute atomic E-state index is 0.0666. The first-order chi connectivity index (χ1) is 9.47. The molecule has 0 saturated carbocycles. The van der Waals surface area contributed by atoms with Gasteiger partial charge in [0, 0.05) is 6.42 Å². The fraction of sp³-hybridized carbons (Fsp3) is 0.429. The molecule has 0 saturated heterocycles. The van der Waals surface area contributed by atoms with Gasteiger partial charge in [-0.15, -0.1) is 10.2 Å². The highest BCUT2D eigenvalue weighted by molar-refractivity contribution is 7.15. The molecule has 1 unspecified atom stereocenters. The third-order valence-electron chi connectivity index (χ3n) is 2.88. The highest BCUT2D eigenvalue weighted by atomic mass is 32.1. The molecule has 1 aromatic heterocycles. The molecule has 3 N–H and O–H groups in total. The SMILES string of the molecule is CC(C)Cc1nnc(NC(C)c2c(O)cccc2O)s1. The Bertz CT molecular complexity index is 563. The predicted molar refractivity (Wildman–Crippen MR) is 80.3 cm³/mol. The van der Waals surface area contributed by atoms with Crippen molar-refractivity contribution in [2.75, 3.05) is 5.32 Å². The number of phenolic OH excluding ortho intramolecular Hbond substituents is 2. The number of anilines is 1. The number of aromatic hydroxyl groups is 2. The van der Waals surface area contributed by atoms with Gasteiger partial charge in [0.15, 0.2) is 0 Å². The van der Waals surface area contributed by atoms with Gasteiger partial charge in [-0.05, 0) is 25.0 Å². The molecule has 2 aromatic rings. The third kappa shape index (κ3) is 3.39. The molecule has 0 fully saturated rings. The molecular formula is C14H19N3O2S. The van der Waals surface area contributed by atoms with E-state index in [0.717, 1.165) is 11.4 Å². The van der Waals surface area contributed by atoms with Gasteiger partial charge in [-0.2, -0.15) is 0 Å². The summed E-state index contributed by atoms with van der Waals surface area (Å²) in [4.78, 5) is 0. The third-order valence-corrected chi connectivity index (χ3v) is 3.76. The Balaban J connectivity index is 2.11. The molecule has 0 aliphatic carbocycles. The van der Waals surface area contributed by atoms with E-state index in [0.29, 0.717) is 16.6 Å². The Hall–Kier alpha value is -1.82. The maximum absolute atomic E-state index is 9.83. The smallest absolute Gasteiger partial charge is 0.206 e. The van der Waals surface area contributed by atoms with Gasteiger partial charge < -0.3 is 15.5 Å². The first-order valence-electron chi connectivity index (χ1n) is 6.57. The lowest BCUT2D eigenvalue weighted by atomic mass is 10.1. The molecule has 0 spiro atoms. The second-order valence-electron chi connectivity index (χ2n) is 5.17. The fourth-order valence-electron chi connectivity index (χ4n) is 1.99. The van der Waals surface area contributed by atoms with Gasteiger partial charge in [0.05, 0.1) is 11.6 Å². The van der Waals surface area contributed by atoms with Crippen molar-refractivity contribution in [1.82, 2.24) is 10.2 Å². The molecule has 0 amide bonds. The van der Waals surface area contributed by atoms with Crippen molar-refractivity contribution in [2.45, 2.75) is 33.2 Å². The monoisotopic (exact) mass is 293 g/mol. The normalized spacial score (nSPS) is 12.6. The van der Waals surface area contributed by atoms with E-state index < -0.39 is 0 Å². The van der Waals surface area contributed by atoms with Crippen LogP contribution in [0.1, 0.15) is 37.4 Å². The average Bonchev–Trinajstić information content (AvgIpc) is 2.75. The zero-order valence-corrected chi connectivity index (χ0v) is 12.6. The molecule has 2 rings (SSSR count).